The first kappa shape index (κ1) is 59.9. The zero-order chi connectivity index (χ0) is 57.7. The number of unbranched alkanes of at least 4 members (excludes halogenated alkanes) is 1. The van der Waals surface area contributed by atoms with Crippen LogP contribution in [0.2, 0.25) is 0 Å². The van der Waals surface area contributed by atoms with E-state index in [1.165, 1.54) is 48.5 Å². The maximum absolute atomic E-state index is 13.8. The lowest BCUT2D eigenvalue weighted by atomic mass is 10.2. The number of benzene rings is 1. The first-order valence-electron chi connectivity index (χ1n) is 24.3. The SMILES string of the molecule is O=C(CCCCC(=O)Oc1c(F)c(F)cc(F)c1F)NCCOCCNC(=O)COc1cc(CN(Cc2cccc(C(=O)O)n2)Cc2cccc(C(=O)O)n2)nc(CN(Cc2cccc(C(=O)O)n2)Cc2cccc(C(=O)O)n2)c1. The summed E-state index contributed by atoms with van der Waals surface area (Å²) in [5, 5.41) is 43.9. The molecule has 0 bridgehead atoms. The van der Waals surface area contributed by atoms with Crippen LogP contribution in [-0.2, 0) is 58.4 Å². The van der Waals surface area contributed by atoms with Crippen molar-refractivity contribution >= 4 is 41.7 Å². The van der Waals surface area contributed by atoms with E-state index >= 15 is 0 Å². The number of hydrogen-bond acceptors (Lipinski definition) is 17. The van der Waals surface area contributed by atoms with Crippen LogP contribution in [0.1, 0.15) is 102 Å². The third-order valence-corrected chi connectivity index (χ3v) is 11.2. The molecular weight excluding hydrogens is 1060 g/mol. The predicted molar refractivity (Wildman–Crippen MR) is 268 cm³/mol. The molecule has 0 saturated heterocycles. The lowest BCUT2D eigenvalue weighted by Gasteiger charge is -2.24. The van der Waals surface area contributed by atoms with E-state index in [4.69, 9.17) is 14.5 Å². The van der Waals surface area contributed by atoms with Gasteiger partial charge in [0.2, 0.25) is 23.3 Å². The molecule has 6 N–H and O–H groups in total. The number of aromatic carboxylic acids is 4. The molecular formula is C53H51F4N9O14. The Hall–Kier alpha value is -9.34. The highest BCUT2D eigenvalue weighted by molar-refractivity contribution is 5.86. The number of hydrogen-bond donors (Lipinski definition) is 6. The summed E-state index contributed by atoms with van der Waals surface area (Å²) in [4.78, 5) is 110. The van der Waals surface area contributed by atoms with Crippen LogP contribution in [0, 0.1) is 23.3 Å². The van der Waals surface area contributed by atoms with Crippen molar-refractivity contribution in [3.05, 3.63) is 171 Å². The summed E-state index contributed by atoms with van der Waals surface area (Å²) in [5.41, 5.74) is 1.18. The summed E-state index contributed by atoms with van der Waals surface area (Å²) in [7, 11) is 0. The minimum absolute atomic E-state index is 0.0110. The van der Waals surface area contributed by atoms with E-state index in [9.17, 15) is 71.5 Å². The molecule has 0 aliphatic heterocycles. The summed E-state index contributed by atoms with van der Waals surface area (Å²) >= 11 is 0. The number of carbonyl (C=O) groups excluding carboxylic acids is 3. The number of halogens is 4. The number of carbonyl (C=O) groups is 7. The van der Waals surface area contributed by atoms with E-state index in [1.54, 1.807) is 46.2 Å². The summed E-state index contributed by atoms with van der Waals surface area (Å²) < 4.78 is 70.3. The van der Waals surface area contributed by atoms with Gasteiger partial charge in [-0.25, -0.2) is 47.9 Å². The second-order valence-electron chi connectivity index (χ2n) is 17.4. The van der Waals surface area contributed by atoms with Gasteiger partial charge in [0.15, 0.2) is 18.2 Å². The molecule has 1 aromatic carbocycles. The molecule has 6 aromatic rings. The smallest absolute Gasteiger partial charge is 0.354 e. The van der Waals surface area contributed by atoms with Gasteiger partial charge in [-0.3, -0.25) is 29.2 Å². The molecule has 23 nitrogen and oxygen atoms in total. The Labute approximate surface area is 452 Å². The van der Waals surface area contributed by atoms with E-state index < -0.39 is 83.7 Å². The first-order valence-corrected chi connectivity index (χ1v) is 24.3. The van der Waals surface area contributed by atoms with Gasteiger partial charge in [0.1, 0.15) is 28.5 Å². The largest absolute Gasteiger partial charge is 0.484 e. The van der Waals surface area contributed by atoms with Crippen LogP contribution in [0.15, 0.2) is 91.0 Å². The summed E-state index contributed by atoms with van der Waals surface area (Å²) in [5.74, 6) is -15.7. The molecule has 0 unspecified atom stereocenters. The third kappa shape index (κ3) is 19.0. The highest BCUT2D eigenvalue weighted by Gasteiger charge is 2.24. The maximum Gasteiger partial charge on any atom is 0.354 e. The van der Waals surface area contributed by atoms with Gasteiger partial charge in [0.05, 0.1) is 47.4 Å². The second-order valence-corrected chi connectivity index (χ2v) is 17.4. The normalized spacial score (nSPS) is 11.1. The average Bonchev–Trinajstić information content (AvgIpc) is 3.42. The zero-order valence-corrected chi connectivity index (χ0v) is 42.3. The lowest BCUT2D eigenvalue weighted by Crippen LogP contribution is -2.33. The molecule has 0 atom stereocenters. The monoisotopic (exact) mass is 1110 g/mol. The lowest BCUT2D eigenvalue weighted by molar-refractivity contribution is -0.135. The Balaban J connectivity index is 1.11. The number of carboxylic acids is 4. The fourth-order valence-corrected chi connectivity index (χ4v) is 7.60. The van der Waals surface area contributed by atoms with Crippen molar-refractivity contribution in [2.24, 2.45) is 0 Å². The Bertz CT molecular complexity index is 2940. The molecule has 0 aliphatic carbocycles. The third-order valence-electron chi connectivity index (χ3n) is 11.2. The Morgan fingerprint density at radius 3 is 1.25 bits per heavy atom. The fraction of sp³-hybridized carbons (Fsp3) is 0.283. The van der Waals surface area contributed by atoms with Gasteiger partial charge in [-0.2, -0.15) is 8.78 Å². The van der Waals surface area contributed by atoms with E-state index in [1.807, 2.05) is 0 Å². The van der Waals surface area contributed by atoms with Crippen molar-refractivity contribution < 1.29 is 85.8 Å². The summed E-state index contributed by atoms with van der Waals surface area (Å²) in [6.07, 6.45) is -0.223. The van der Waals surface area contributed by atoms with Crippen molar-refractivity contribution in [3.8, 4) is 11.5 Å². The number of ether oxygens (including phenoxy) is 3. The maximum atomic E-state index is 13.8. The molecule has 0 radical (unpaired) electrons. The van der Waals surface area contributed by atoms with Crippen LogP contribution in [0.25, 0.3) is 0 Å². The van der Waals surface area contributed by atoms with Crippen molar-refractivity contribution in [3.63, 3.8) is 0 Å². The van der Waals surface area contributed by atoms with Crippen LogP contribution >= 0.6 is 0 Å². The van der Waals surface area contributed by atoms with Crippen LogP contribution in [0.5, 0.6) is 11.5 Å². The number of amides is 2. The Morgan fingerprint density at radius 1 is 0.475 bits per heavy atom. The average molecular weight is 1110 g/mol. The summed E-state index contributed by atoms with van der Waals surface area (Å²) in [6, 6.07) is 20.9. The molecule has 6 rings (SSSR count). The van der Waals surface area contributed by atoms with Gasteiger partial charge in [0.25, 0.3) is 5.91 Å². The minimum Gasteiger partial charge on any atom is -0.484 e. The Kier molecular flexibility index (Phi) is 22.0. The number of pyridine rings is 5. The molecule has 5 heterocycles. The van der Waals surface area contributed by atoms with Crippen LogP contribution in [-0.4, -0.2) is 130 Å². The highest BCUT2D eigenvalue weighted by atomic mass is 19.2. The number of rotatable bonds is 31. The van der Waals surface area contributed by atoms with Crippen molar-refractivity contribution in [2.45, 2.75) is 65.0 Å². The number of aromatic nitrogens is 5. The van der Waals surface area contributed by atoms with Gasteiger partial charge < -0.3 is 45.3 Å². The van der Waals surface area contributed by atoms with Crippen molar-refractivity contribution in [2.75, 3.05) is 32.9 Å². The minimum atomic E-state index is -1.86. The Morgan fingerprint density at radius 2 is 0.850 bits per heavy atom. The van der Waals surface area contributed by atoms with E-state index in [0.29, 0.717) is 34.2 Å². The second kappa shape index (κ2) is 29.4. The summed E-state index contributed by atoms with van der Waals surface area (Å²) in [6.45, 7) is -0.269. The number of nitrogens with zero attached hydrogens (tertiary/aromatic N) is 7. The van der Waals surface area contributed by atoms with Gasteiger partial charge >= 0.3 is 29.8 Å². The van der Waals surface area contributed by atoms with Gasteiger partial charge in [-0.05, 0) is 61.4 Å². The van der Waals surface area contributed by atoms with Crippen LogP contribution in [0.3, 0.4) is 0 Å². The standard InChI is InChI=1S/C53H51F4N9O14/c54-38-23-39(55)48(57)49(47(38)56)80-46(69)16-2-1-15-44(67)58-17-19-78-20-18-59-45(68)30-79-37-21-35(28-65(24-31-7-3-11-40(61-31)50(70)71)25-32-8-4-12-41(62-32)51(72)73)60-36(22-37)29-66(26-33-9-5-13-42(63-33)52(74)75)27-34-10-6-14-43(64-34)53(76)77/h3-14,21-23H,1-2,15-20,24-30H2,(H,58,67)(H,59,68)(H,70,71)(H,72,73)(H,74,75)(H,76,77). The molecule has 0 fully saturated rings. The van der Waals surface area contributed by atoms with E-state index in [2.05, 4.69) is 35.3 Å². The van der Waals surface area contributed by atoms with Crippen molar-refractivity contribution in [1.82, 2.24) is 45.4 Å². The topological polar surface area (TPSA) is 323 Å². The van der Waals surface area contributed by atoms with Crippen LogP contribution < -0.4 is 20.1 Å². The predicted octanol–water partition coefficient (Wildman–Crippen LogP) is 5.21. The fourth-order valence-electron chi connectivity index (χ4n) is 7.60. The van der Waals surface area contributed by atoms with Crippen LogP contribution in [0.4, 0.5) is 17.6 Å². The molecule has 27 heteroatoms. The first-order chi connectivity index (χ1) is 38.3. The molecule has 2 amide bonds. The molecule has 80 heavy (non-hydrogen) atoms. The molecule has 0 spiro atoms. The van der Waals surface area contributed by atoms with E-state index in [-0.39, 0.29) is 119 Å². The van der Waals surface area contributed by atoms with Gasteiger partial charge in [-0.15, -0.1) is 0 Å². The van der Waals surface area contributed by atoms with Gasteiger partial charge in [-0.1, -0.05) is 24.3 Å². The number of nitrogens with one attached hydrogen (secondary N) is 2. The highest BCUT2D eigenvalue weighted by Crippen LogP contribution is 2.27. The molecule has 420 valence electrons. The molecule has 5 aromatic heterocycles. The molecule has 0 aliphatic rings. The molecule has 0 saturated carbocycles. The number of esters is 1. The van der Waals surface area contributed by atoms with Gasteiger partial charge in [0, 0.05) is 83.4 Å². The zero-order valence-electron chi connectivity index (χ0n) is 42.3. The van der Waals surface area contributed by atoms with E-state index in [0.717, 1.165) is 0 Å². The van der Waals surface area contributed by atoms with Crippen molar-refractivity contribution in [1.29, 1.82) is 0 Å². The quantitative estimate of drug-likeness (QED) is 0.0107. The number of carboxylic acid groups (broad SMARTS) is 4.